The Labute approximate surface area is 118 Å². The van der Waals surface area contributed by atoms with E-state index in [0.717, 1.165) is 0 Å². The molecule has 0 aliphatic rings. The van der Waals surface area contributed by atoms with Crippen molar-refractivity contribution in [3.05, 3.63) is 0 Å². The van der Waals surface area contributed by atoms with E-state index in [9.17, 15) is 0 Å². The van der Waals surface area contributed by atoms with Gasteiger partial charge in [-0.3, -0.25) is 0 Å². The number of halogens is 9. The Kier molecular flexibility index (Phi) is 24.5. The van der Waals surface area contributed by atoms with Crippen molar-refractivity contribution in [1.29, 1.82) is 0 Å². The highest BCUT2D eigenvalue weighted by Gasteiger charge is 2.19. The third-order valence-electron chi connectivity index (χ3n) is 0. The Morgan fingerprint density at radius 3 is 0.833 bits per heavy atom. The molecule has 0 N–H and O–H groups in total. The van der Waals surface area contributed by atoms with E-state index in [1.165, 1.54) is 0 Å². The molecule has 0 radical (unpaired) electrons. The van der Waals surface area contributed by atoms with E-state index in [4.69, 9.17) is 99.7 Å². The van der Waals surface area contributed by atoms with E-state index in [-0.39, 0.29) is 0 Å². The topological polar surface area (TPSA) is 0 Å². The van der Waals surface area contributed by atoms with Crippen molar-refractivity contribution >= 4 is 120 Å². The molecule has 0 aromatic rings. The maximum absolute atomic E-state index is 4.97. The van der Waals surface area contributed by atoms with Crippen LogP contribution < -0.4 is 0 Å². The summed E-state index contributed by atoms with van der Waals surface area (Å²) in [5.74, 6) is 0. The summed E-state index contributed by atoms with van der Waals surface area (Å²) < 4.78 is 0. The molecule has 0 rings (SSSR count). The van der Waals surface area contributed by atoms with Gasteiger partial charge < -0.3 is 0 Å². The van der Waals surface area contributed by atoms with Crippen LogP contribution >= 0.6 is 99.7 Å². The Balaban J connectivity index is -0.000000105. The van der Waals surface area contributed by atoms with Gasteiger partial charge in [-0.15, -0.1) is 77.6 Å². The highest BCUT2D eigenvalue weighted by Crippen LogP contribution is 2.23. The monoisotopic (exact) mass is 402 g/mol. The van der Waals surface area contributed by atoms with Gasteiger partial charge in [-0.05, 0) is 0 Å². The van der Waals surface area contributed by atoms with Crippen molar-refractivity contribution in [2.24, 2.45) is 0 Å². The molecule has 12 heavy (non-hydrogen) atoms. The predicted molar refractivity (Wildman–Crippen MR) is 74.1 cm³/mol. The van der Waals surface area contributed by atoms with Gasteiger partial charge in [-0.25, -0.2) is 0 Å². The SMILES string of the molecule is Cl[SiH2]Cl.Cl[SiH](Cl)Cl.Cl[Si](Cl)(Cl)Cl. The summed E-state index contributed by atoms with van der Waals surface area (Å²) in [6.07, 6.45) is 0. The van der Waals surface area contributed by atoms with Crippen LogP contribution in [-0.4, -0.2) is 20.2 Å². The highest BCUT2D eigenvalue weighted by molar-refractivity contribution is 7.81. The molecule has 0 bridgehead atoms. The third-order valence-corrected chi connectivity index (χ3v) is 0. The van der Waals surface area contributed by atoms with Crippen molar-refractivity contribution in [2.75, 3.05) is 0 Å². The van der Waals surface area contributed by atoms with Crippen molar-refractivity contribution in [3.8, 4) is 0 Å². The van der Waals surface area contributed by atoms with E-state index in [1.54, 1.807) is 0 Å². The first-order valence-electron chi connectivity index (χ1n) is 1.95. The summed E-state index contributed by atoms with van der Waals surface area (Å²) in [5.41, 5.74) is 0. The molecule has 0 atom stereocenters. The van der Waals surface area contributed by atoms with Crippen LogP contribution in [-0.2, 0) is 0 Å². The fourth-order valence-electron chi connectivity index (χ4n) is 0. The Morgan fingerprint density at radius 1 is 0.833 bits per heavy atom. The van der Waals surface area contributed by atoms with Gasteiger partial charge in [0.2, 0.25) is 8.14 Å². The maximum Gasteiger partial charge on any atom is 0.440 e. The maximum atomic E-state index is 4.97. The molecular weight excluding hydrogens is 403 g/mol. The summed E-state index contributed by atoms with van der Waals surface area (Å²) in [6.45, 7) is -1.72. The molecule has 0 aliphatic heterocycles. The molecule has 0 fully saturated rings. The minimum Gasteiger partial charge on any atom is -0.155 e. The normalized spacial score (nSPS) is 9.50. The van der Waals surface area contributed by atoms with Gasteiger partial charge in [0.1, 0.15) is 0 Å². The van der Waals surface area contributed by atoms with Gasteiger partial charge >= 0.3 is 12.0 Å². The van der Waals surface area contributed by atoms with Crippen LogP contribution in [0.3, 0.4) is 0 Å². The quantitative estimate of drug-likeness (QED) is 0.417. The largest absolute Gasteiger partial charge is 0.440 e. The lowest BCUT2D eigenvalue weighted by Gasteiger charge is -1.85. The van der Waals surface area contributed by atoms with Crippen molar-refractivity contribution in [3.63, 3.8) is 0 Å². The Hall–Kier alpha value is 3.26. The van der Waals surface area contributed by atoms with Crippen LogP contribution in [0.15, 0.2) is 0 Å². The van der Waals surface area contributed by atoms with Gasteiger partial charge in [-0.2, -0.15) is 22.2 Å². The van der Waals surface area contributed by atoms with E-state index < -0.39 is 20.2 Å². The van der Waals surface area contributed by atoms with Gasteiger partial charge in [0.25, 0.3) is 0 Å². The van der Waals surface area contributed by atoms with Gasteiger partial charge in [0, 0.05) is 0 Å². The molecule has 0 saturated carbocycles. The van der Waals surface area contributed by atoms with Crippen molar-refractivity contribution in [1.82, 2.24) is 0 Å². The lowest BCUT2D eigenvalue weighted by Crippen LogP contribution is -1.91. The predicted octanol–water partition coefficient (Wildman–Crippen LogP) is 4.26. The molecule has 0 amide bonds. The summed E-state index contributed by atoms with van der Waals surface area (Å²) in [4.78, 5) is 0. The van der Waals surface area contributed by atoms with E-state index in [2.05, 4.69) is 0 Å². The van der Waals surface area contributed by atoms with Crippen LogP contribution in [0, 0.1) is 0 Å². The third kappa shape index (κ3) is 187. The molecule has 0 spiro atoms. The second-order valence-electron chi connectivity index (χ2n) is 0.777. The fraction of sp³-hybridized carbons (Fsp3) is 0. The molecular formula is H3Cl9Si3. The zero-order chi connectivity index (χ0) is 10.8. The molecule has 0 heterocycles. The average molecular weight is 406 g/mol. The Bertz CT molecular complexity index is 55.9. The summed E-state index contributed by atoms with van der Waals surface area (Å²) in [7, 11) is -0.639. The van der Waals surface area contributed by atoms with Crippen molar-refractivity contribution < 1.29 is 0 Å². The van der Waals surface area contributed by atoms with E-state index in [0.29, 0.717) is 0 Å². The van der Waals surface area contributed by atoms with Gasteiger partial charge in [-0.1, -0.05) is 0 Å². The first-order valence-corrected chi connectivity index (χ1v) is 17.5. The molecule has 0 aromatic carbocycles. The minimum atomic E-state index is -2.72. The molecule has 0 saturated heterocycles. The molecule has 0 unspecified atom stereocenters. The number of hydrogen-bond acceptors (Lipinski definition) is 0. The van der Waals surface area contributed by atoms with Crippen LogP contribution in [0.25, 0.3) is 0 Å². The highest BCUT2D eigenvalue weighted by atomic mass is 36.0. The van der Waals surface area contributed by atoms with Gasteiger partial charge in [0.05, 0.1) is 0 Å². The summed E-state index contributed by atoms with van der Waals surface area (Å²) >= 11 is 44.5. The van der Waals surface area contributed by atoms with Crippen LogP contribution in [0.4, 0.5) is 0 Å². The Morgan fingerprint density at radius 2 is 0.833 bits per heavy atom. The second-order valence-corrected chi connectivity index (χ2v) is 21.0. The lowest BCUT2D eigenvalue weighted by atomic mass is 27.6. The zero-order valence-electron chi connectivity index (χ0n) is 5.19. The molecule has 0 nitrogen and oxygen atoms in total. The molecule has 78 valence electrons. The standard InChI is InChI=1S/Cl4Si.Cl3HSi.Cl2H2Si/c1-5(2,3)4;1-4(2)3;1-3-2/h;4H;3H2. The van der Waals surface area contributed by atoms with Crippen LogP contribution in [0.1, 0.15) is 0 Å². The first kappa shape index (κ1) is 20.6. The summed E-state index contributed by atoms with van der Waals surface area (Å²) in [5, 5.41) is -2.72. The average Bonchev–Trinajstić information content (AvgIpc) is 1.56. The van der Waals surface area contributed by atoms with E-state index in [1.807, 2.05) is 0 Å². The van der Waals surface area contributed by atoms with Crippen LogP contribution in [0.2, 0.25) is 0 Å². The second kappa shape index (κ2) is 14.3. The molecule has 0 aromatic heterocycles. The van der Waals surface area contributed by atoms with Crippen molar-refractivity contribution in [2.45, 2.75) is 0 Å². The van der Waals surface area contributed by atoms with E-state index >= 15 is 0 Å². The van der Waals surface area contributed by atoms with Crippen LogP contribution in [0.5, 0.6) is 0 Å². The molecule has 12 heteroatoms. The first-order chi connectivity index (χ1) is 5.15. The number of rotatable bonds is 0. The minimum absolute atomic E-state index is 0.639. The molecule has 0 aliphatic carbocycles. The summed E-state index contributed by atoms with van der Waals surface area (Å²) in [6, 6.07) is 0. The number of hydrogen-bond donors (Lipinski definition) is 0. The lowest BCUT2D eigenvalue weighted by molar-refractivity contribution is 3.80. The fourth-order valence-corrected chi connectivity index (χ4v) is 0. The smallest absolute Gasteiger partial charge is 0.155 e. The van der Waals surface area contributed by atoms with Gasteiger partial charge in [0.15, 0.2) is 0 Å². The zero-order valence-corrected chi connectivity index (χ0v) is 15.6.